The number of nitrogens with zero attached hydrogens (tertiary/aromatic N) is 2. The van der Waals surface area contributed by atoms with Gasteiger partial charge in [-0.25, -0.2) is 9.89 Å². The second-order valence-corrected chi connectivity index (χ2v) is 6.26. The van der Waals surface area contributed by atoms with Gasteiger partial charge in [-0.15, -0.1) is 0 Å². The number of halogens is 1. The molecule has 1 unspecified atom stereocenters. The molecule has 1 aromatic heterocycles. The average molecular weight is 378 g/mol. The number of benzene rings is 1. The Morgan fingerprint density at radius 2 is 2.19 bits per heavy atom. The number of rotatable bonds is 5. The molecule has 0 aliphatic carbocycles. The zero-order chi connectivity index (χ0) is 18.5. The van der Waals surface area contributed by atoms with E-state index in [0.29, 0.717) is 31.1 Å². The molecule has 0 saturated carbocycles. The third-order valence-corrected chi connectivity index (χ3v) is 4.43. The van der Waals surface area contributed by atoms with E-state index in [0.717, 1.165) is 12.2 Å². The minimum absolute atomic E-state index is 0.0481. The van der Waals surface area contributed by atoms with E-state index in [1.807, 2.05) is 11.8 Å². The van der Waals surface area contributed by atoms with Crippen molar-refractivity contribution in [1.29, 1.82) is 0 Å². The lowest BCUT2D eigenvalue weighted by atomic mass is 10.2. The fourth-order valence-electron chi connectivity index (χ4n) is 2.85. The van der Waals surface area contributed by atoms with E-state index in [1.165, 1.54) is 6.20 Å². The van der Waals surface area contributed by atoms with Gasteiger partial charge in [-0.3, -0.25) is 4.79 Å². The molecule has 3 rings (SSSR count). The number of H-pyrrole nitrogens is 1. The molecule has 1 aliphatic rings. The van der Waals surface area contributed by atoms with Crippen molar-refractivity contribution in [2.75, 3.05) is 29.9 Å². The first-order chi connectivity index (χ1) is 12.6. The summed E-state index contributed by atoms with van der Waals surface area (Å²) in [5.41, 5.74) is 0.836. The van der Waals surface area contributed by atoms with E-state index in [9.17, 15) is 9.59 Å². The molecule has 1 fully saturated rings. The Labute approximate surface area is 155 Å². The van der Waals surface area contributed by atoms with Crippen molar-refractivity contribution >= 4 is 29.0 Å². The number of carbonyl (C=O) groups is 1. The minimum Gasteiger partial charge on any atom is -0.494 e. The van der Waals surface area contributed by atoms with Crippen molar-refractivity contribution in [1.82, 2.24) is 15.5 Å². The summed E-state index contributed by atoms with van der Waals surface area (Å²) in [7, 11) is 0. The monoisotopic (exact) mass is 377 g/mol. The topological polar surface area (TPSA) is 99.3 Å². The SMILES string of the molecule is CCOc1ccc(NC(=O)NC2CCN(c3cn[nH]c(=O)c3Cl)C2)cc1. The maximum absolute atomic E-state index is 12.2. The Morgan fingerprint density at radius 1 is 1.42 bits per heavy atom. The predicted octanol–water partition coefficient (Wildman–Crippen LogP) is 2.22. The van der Waals surface area contributed by atoms with Crippen LogP contribution in [-0.4, -0.2) is 42.0 Å². The smallest absolute Gasteiger partial charge is 0.319 e. The Morgan fingerprint density at radius 3 is 2.92 bits per heavy atom. The van der Waals surface area contributed by atoms with E-state index in [4.69, 9.17) is 16.3 Å². The number of hydrogen-bond acceptors (Lipinski definition) is 5. The van der Waals surface area contributed by atoms with Crippen LogP contribution in [0.15, 0.2) is 35.3 Å². The van der Waals surface area contributed by atoms with E-state index in [2.05, 4.69) is 20.8 Å². The standard InChI is InChI=1S/C17H20ClN5O3/c1-2-26-13-5-3-11(4-6-13)20-17(25)21-12-7-8-23(10-12)14-9-19-22-16(24)15(14)18/h3-6,9,12H,2,7-8,10H2,1H3,(H,22,24)(H2,20,21,25). The van der Waals surface area contributed by atoms with Gasteiger partial charge in [-0.2, -0.15) is 5.10 Å². The third-order valence-electron chi connectivity index (χ3n) is 4.06. The Bertz CT molecular complexity index is 824. The van der Waals surface area contributed by atoms with Gasteiger partial charge in [0.1, 0.15) is 10.8 Å². The van der Waals surface area contributed by atoms with Crippen LogP contribution in [0.2, 0.25) is 5.02 Å². The molecule has 1 atom stereocenters. The number of amides is 2. The molecule has 2 heterocycles. The number of anilines is 2. The third kappa shape index (κ3) is 4.26. The molecule has 0 spiro atoms. The largest absolute Gasteiger partial charge is 0.494 e. The molecule has 1 aliphatic heterocycles. The molecular weight excluding hydrogens is 358 g/mol. The number of hydrogen-bond donors (Lipinski definition) is 3. The van der Waals surface area contributed by atoms with Gasteiger partial charge in [0.25, 0.3) is 5.56 Å². The second-order valence-electron chi connectivity index (χ2n) is 5.89. The zero-order valence-electron chi connectivity index (χ0n) is 14.3. The molecule has 3 N–H and O–H groups in total. The molecule has 0 radical (unpaired) electrons. The highest BCUT2D eigenvalue weighted by atomic mass is 35.5. The van der Waals surface area contributed by atoms with Crippen molar-refractivity contribution in [3.63, 3.8) is 0 Å². The van der Waals surface area contributed by atoms with Crippen molar-refractivity contribution in [3.05, 3.63) is 45.8 Å². The van der Waals surface area contributed by atoms with Crippen LogP contribution in [0, 0.1) is 0 Å². The van der Waals surface area contributed by atoms with Crippen LogP contribution < -0.4 is 25.8 Å². The number of aromatic amines is 1. The maximum atomic E-state index is 12.2. The molecule has 0 bridgehead atoms. The number of carbonyl (C=O) groups excluding carboxylic acids is 1. The first kappa shape index (κ1) is 18.1. The van der Waals surface area contributed by atoms with Gasteiger partial charge < -0.3 is 20.3 Å². The van der Waals surface area contributed by atoms with Gasteiger partial charge in [-0.05, 0) is 37.6 Å². The number of nitrogens with one attached hydrogen (secondary N) is 3. The summed E-state index contributed by atoms with van der Waals surface area (Å²) in [6.07, 6.45) is 2.27. The molecule has 2 amide bonds. The van der Waals surface area contributed by atoms with Crippen molar-refractivity contribution in [3.8, 4) is 5.75 Å². The van der Waals surface area contributed by atoms with Gasteiger partial charge in [-0.1, -0.05) is 11.6 Å². The molecule has 9 heteroatoms. The van der Waals surface area contributed by atoms with Crippen LogP contribution in [0.5, 0.6) is 5.75 Å². The van der Waals surface area contributed by atoms with Crippen molar-refractivity contribution in [2.24, 2.45) is 0 Å². The summed E-state index contributed by atoms with van der Waals surface area (Å²) in [6, 6.07) is 6.85. The van der Waals surface area contributed by atoms with Crippen LogP contribution in [0.3, 0.4) is 0 Å². The molecule has 8 nitrogen and oxygen atoms in total. The van der Waals surface area contributed by atoms with Gasteiger partial charge in [0, 0.05) is 24.8 Å². The fourth-order valence-corrected chi connectivity index (χ4v) is 3.06. The molecule has 138 valence electrons. The molecular formula is C17H20ClN5O3. The molecule has 1 aromatic carbocycles. The van der Waals surface area contributed by atoms with Gasteiger partial charge in [0.2, 0.25) is 0 Å². The lowest BCUT2D eigenvalue weighted by molar-refractivity contribution is 0.249. The summed E-state index contributed by atoms with van der Waals surface area (Å²) in [4.78, 5) is 25.7. The number of aromatic nitrogens is 2. The summed E-state index contributed by atoms with van der Waals surface area (Å²) >= 11 is 6.03. The number of ether oxygens (including phenoxy) is 1. The van der Waals surface area contributed by atoms with Crippen LogP contribution in [0.4, 0.5) is 16.2 Å². The van der Waals surface area contributed by atoms with Gasteiger partial charge in [0.15, 0.2) is 0 Å². The predicted molar refractivity (Wildman–Crippen MR) is 100 cm³/mol. The second kappa shape index (κ2) is 8.09. The van der Waals surface area contributed by atoms with Crippen LogP contribution in [0.1, 0.15) is 13.3 Å². The highest BCUT2D eigenvalue weighted by molar-refractivity contribution is 6.33. The first-order valence-electron chi connectivity index (χ1n) is 8.35. The van der Waals surface area contributed by atoms with Crippen molar-refractivity contribution in [2.45, 2.75) is 19.4 Å². The van der Waals surface area contributed by atoms with E-state index in [1.54, 1.807) is 24.3 Å². The van der Waals surface area contributed by atoms with E-state index in [-0.39, 0.29) is 17.1 Å². The van der Waals surface area contributed by atoms with Crippen LogP contribution in [-0.2, 0) is 0 Å². The Kier molecular flexibility index (Phi) is 5.62. The average Bonchev–Trinajstić information content (AvgIpc) is 3.07. The van der Waals surface area contributed by atoms with Gasteiger partial charge in [0.05, 0.1) is 18.5 Å². The van der Waals surface area contributed by atoms with E-state index >= 15 is 0 Å². The molecule has 2 aromatic rings. The highest BCUT2D eigenvalue weighted by Gasteiger charge is 2.26. The maximum Gasteiger partial charge on any atom is 0.319 e. The quantitative estimate of drug-likeness (QED) is 0.742. The Hall–Kier alpha value is -2.74. The summed E-state index contributed by atoms with van der Waals surface area (Å²) in [5, 5.41) is 11.9. The molecule has 1 saturated heterocycles. The lowest BCUT2D eigenvalue weighted by Gasteiger charge is -2.19. The van der Waals surface area contributed by atoms with Crippen LogP contribution >= 0.6 is 11.6 Å². The first-order valence-corrected chi connectivity index (χ1v) is 8.73. The van der Waals surface area contributed by atoms with Crippen LogP contribution in [0.25, 0.3) is 0 Å². The summed E-state index contributed by atoms with van der Waals surface area (Å²) in [5.74, 6) is 0.758. The summed E-state index contributed by atoms with van der Waals surface area (Å²) < 4.78 is 5.37. The normalized spacial score (nSPS) is 16.4. The summed E-state index contributed by atoms with van der Waals surface area (Å²) in [6.45, 7) is 3.75. The van der Waals surface area contributed by atoms with E-state index < -0.39 is 5.56 Å². The van der Waals surface area contributed by atoms with Gasteiger partial charge >= 0.3 is 6.03 Å². The molecule has 26 heavy (non-hydrogen) atoms. The van der Waals surface area contributed by atoms with Crippen molar-refractivity contribution < 1.29 is 9.53 Å². The number of urea groups is 1. The zero-order valence-corrected chi connectivity index (χ0v) is 15.0. The highest BCUT2D eigenvalue weighted by Crippen LogP contribution is 2.24. The lowest BCUT2D eigenvalue weighted by Crippen LogP contribution is -2.39. The minimum atomic E-state index is -0.422. The fraction of sp³-hybridized carbons (Fsp3) is 0.353. The Balaban J connectivity index is 1.54.